The molecule has 0 radical (unpaired) electrons. The first kappa shape index (κ1) is 13.7. The first-order valence-corrected chi connectivity index (χ1v) is 7.23. The Morgan fingerprint density at radius 3 is 2.00 bits per heavy atom. The Morgan fingerprint density at radius 1 is 1.05 bits per heavy atom. The number of carboxylic acid groups (broad SMARTS) is 1. The van der Waals surface area contributed by atoms with Crippen LogP contribution in [0.5, 0.6) is 5.75 Å². The highest BCUT2D eigenvalue weighted by molar-refractivity contribution is 5.85. The third-order valence-electron chi connectivity index (χ3n) is 4.10. The Morgan fingerprint density at radius 2 is 1.57 bits per heavy atom. The molecule has 21 heavy (non-hydrogen) atoms. The summed E-state index contributed by atoms with van der Waals surface area (Å²) in [4.78, 5) is 11.3. The van der Waals surface area contributed by atoms with Gasteiger partial charge in [-0.3, -0.25) is 4.79 Å². The van der Waals surface area contributed by atoms with Crippen molar-refractivity contribution < 1.29 is 14.6 Å². The van der Waals surface area contributed by atoms with E-state index in [0.717, 1.165) is 35.3 Å². The maximum Gasteiger partial charge on any atom is 0.314 e. The Bertz CT molecular complexity index is 637. The van der Waals surface area contributed by atoms with E-state index in [1.165, 1.54) is 0 Å². The molecule has 3 nitrogen and oxygen atoms in total. The van der Waals surface area contributed by atoms with Crippen molar-refractivity contribution in [3.8, 4) is 16.9 Å². The van der Waals surface area contributed by atoms with E-state index < -0.39 is 11.4 Å². The van der Waals surface area contributed by atoms with Crippen LogP contribution in [0.4, 0.5) is 0 Å². The van der Waals surface area contributed by atoms with E-state index in [2.05, 4.69) is 0 Å². The number of hydrogen-bond donors (Lipinski definition) is 1. The van der Waals surface area contributed by atoms with Crippen LogP contribution >= 0.6 is 0 Å². The fourth-order valence-corrected chi connectivity index (χ4v) is 2.64. The summed E-state index contributed by atoms with van der Waals surface area (Å²) < 4.78 is 5.43. The van der Waals surface area contributed by atoms with Crippen LogP contribution in [0, 0.1) is 0 Å². The lowest BCUT2D eigenvalue weighted by Gasteiger charge is -2.11. The lowest BCUT2D eigenvalue weighted by molar-refractivity contribution is -0.140. The molecule has 108 valence electrons. The number of benzene rings is 2. The van der Waals surface area contributed by atoms with Gasteiger partial charge in [-0.15, -0.1) is 0 Å². The summed E-state index contributed by atoms with van der Waals surface area (Å²) in [7, 11) is 0. The Hall–Kier alpha value is -2.29. The molecule has 0 unspecified atom stereocenters. The maximum atomic E-state index is 11.3. The van der Waals surface area contributed by atoms with Gasteiger partial charge in [0.25, 0.3) is 0 Å². The Kier molecular flexibility index (Phi) is 3.42. The van der Waals surface area contributed by atoms with Crippen molar-refractivity contribution in [2.45, 2.75) is 25.2 Å². The van der Waals surface area contributed by atoms with Crippen molar-refractivity contribution in [3.63, 3.8) is 0 Å². The second kappa shape index (κ2) is 5.24. The summed E-state index contributed by atoms with van der Waals surface area (Å²) in [5, 5.41) is 9.31. The second-order valence-corrected chi connectivity index (χ2v) is 5.42. The smallest absolute Gasteiger partial charge is 0.314 e. The predicted octanol–water partition coefficient (Wildman–Crippen LogP) is 3.87. The fourth-order valence-electron chi connectivity index (χ4n) is 2.64. The van der Waals surface area contributed by atoms with E-state index in [0.29, 0.717) is 6.61 Å². The molecule has 0 aromatic heterocycles. The Labute approximate surface area is 124 Å². The third kappa shape index (κ3) is 2.51. The summed E-state index contributed by atoms with van der Waals surface area (Å²) in [5.41, 5.74) is 2.47. The van der Waals surface area contributed by atoms with Crippen LogP contribution < -0.4 is 4.74 Å². The number of ether oxygens (including phenoxy) is 1. The molecule has 1 aliphatic carbocycles. The zero-order valence-electron chi connectivity index (χ0n) is 12.0. The van der Waals surface area contributed by atoms with Gasteiger partial charge in [-0.25, -0.2) is 0 Å². The van der Waals surface area contributed by atoms with E-state index in [4.69, 9.17) is 4.74 Å². The van der Waals surface area contributed by atoms with Crippen LogP contribution in [0.15, 0.2) is 48.5 Å². The van der Waals surface area contributed by atoms with Gasteiger partial charge in [0.1, 0.15) is 5.75 Å². The largest absolute Gasteiger partial charge is 0.494 e. The normalized spacial score (nSPS) is 15.5. The van der Waals surface area contributed by atoms with Gasteiger partial charge in [-0.1, -0.05) is 36.4 Å². The van der Waals surface area contributed by atoms with Gasteiger partial charge < -0.3 is 9.84 Å². The molecule has 2 aromatic carbocycles. The fraction of sp³-hybridized carbons (Fsp3) is 0.278. The summed E-state index contributed by atoms with van der Waals surface area (Å²) in [6, 6.07) is 15.8. The van der Waals surface area contributed by atoms with Gasteiger partial charge in [0.2, 0.25) is 0 Å². The summed E-state index contributed by atoms with van der Waals surface area (Å²) in [6.45, 7) is 2.62. The SMILES string of the molecule is CCOc1ccc(-c2ccc(C3(C(=O)O)CC3)cc2)cc1. The summed E-state index contributed by atoms with van der Waals surface area (Å²) in [6.07, 6.45) is 1.48. The molecule has 0 heterocycles. The first-order chi connectivity index (χ1) is 10.2. The van der Waals surface area contributed by atoms with Crippen molar-refractivity contribution in [1.82, 2.24) is 0 Å². The van der Waals surface area contributed by atoms with Crippen LogP contribution in [0.2, 0.25) is 0 Å². The predicted molar refractivity (Wildman–Crippen MR) is 81.6 cm³/mol. The first-order valence-electron chi connectivity index (χ1n) is 7.23. The molecule has 3 heteroatoms. The topological polar surface area (TPSA) is 46.5 Å². The van der Waals surface area contributed by atoms with E-state index in [9.17, 15) is 9.90 Å². The van der Waals surface area contributed by atoms with Gasteiger partial charge in [0.05, 0.1) is 12.0 Å². The second-order valence-electron chi connectivity index (χ2n) is 5.42. The van der Waals surface area contributed by atoms with Gasteiger partial charge in [0, 0.05) is 0 Å². The number of carboxylic acids is 1. The zero-order chi connectivity index (χ0) is 14.9. The highest BCUT2D eigenvalue weighted by Gasteiger charge is 2.51. The number of aliphatic carboxylic acids is 1. The minimum absolute atomic E-state index is 0.628. The van der Waals surface area contributed by atoms with Gasteiger partial charge in [-0.2, -0.15) is 0 Å². The van der Waals surface area contributed by atoms with Crippen LogP contribution in [0.1, 0.15) is 25.3 Å². The number of rotatable bonds is 5. The van der Waals surface area contributed by atoms with E-state index in [-0.39, 0.29) is 0 Å². The molecular weight excluding hydrogens is 264 g/mol. The lowest BCUT2D eigenvalue weighted by Crippen LogP contribution is -2.19. The van der Waals surface area contributed by atoms with E-state index >= 15 is 0 Å². The van der Waals surface area contributed by atoms with Crippen molar-refractivity contribution in [3.05, 3.63) is 54.1 Å². The summed E-state index contributed by atoms with van der Waals surface area (Å²) >= 11 is 0. The number of carbonyl (C=O) groups is 1. The van der Waals surface area contributed by atoms with E-state index in [1.807, 2.05) is 55.5 Å². The van der Waals surface area contributed by atoms with Crippen LogP contribution in [-0.2, 0) is 10.2 Å². The molecule has 1 N–H and O–H groups in total. The molecule has 0 saturated heterocycles. The monoisotopic (exact) mass is 282 g/mol. The van der Waals surface area contributed by atoms with E-state index in [1.54, 1.807) is 0 Å². The zero-order valence-corrected chi connectivity index (χ0v) is 12.0. The molecule has 0 bridgehead atoms. The minimum Gasteiger partial charge on any atom is -0.494 e. The lowest BCUT2D eigenvalue weighted by atomic mass is 9.94. The minimum atomic E-state index is -0.712. The molecule has 0 spiro atoms. The molecule has 3 rings (SSSR count). The van der Waals surface area contributed by atoms with Crippen molar-refractivity contribution in [2.24, 2.45) is 0 Å². The summed E-state index contributed by atoms with van der Waals surface area (Å²) in [5.74, 6) is 0.150. The van der Waals surface area contributed by atoms with Crippen LogP contribution in [0.25, 0.3) is 11.1 Å². The molecule has 1 aliphatic rings. The van der Waals surface area contributed by atoms with Crippen molar-refractivity contribution in [1.29, 1.82) is 0 Å². The van der Waals surface area contributed by atoms with Gasteiger partial charge >= 0.3 is 5.97 Å². The van der Waals surface area contributed by atoms with Crippen molar-refractivity contribution >= 4 is 5.97 Å². The molecule has 0 amide bonds. The molecule has 0 atom stereocenters. The quantitative estimate of drug-likeness (QED) is 0.905. The molecular formula is C18H18O3. The standard InChI is InChI=1S/C18H18O3/c1-2-21-16-9-5-14(6-10-16)13-3-7-15(8-4-13)18(11-12-18)17(19)20/h3-10H,2,11-12H2,1H3,(H,19,20). The molecule has 1 fully saturated rings. The van der Waals surface area contributed by atoms with Gasteiger partial charge in [0.15, 0.2) is 0 Å². The average Bonchev–Trinajstić information content (AvgIpc) is 3.30. The van der Waals surface area contributed by atoms with Crippen LogP contribution in [-0.4, -0.2) is 17.7 Å². The maximum absolute atomic E-state index is 11.3. The van der Waals surface area contributed by atoms with Crippen LogP contribution in [0.3, 0.4) is 0 Å². The average molecular weight is 282 g/mol. The highest BCUT2D eigenvalue weighted by atomic mass is 16.5. The Balaban J connectivity index is 1.82. The highest BCUT2D eigenvalue weighted by Crippen LogP contribution is 2.48. The molecule has 0 aliphatic heterocycles. The van der Waals surface area contributed by atoms with Gasteiger partial charge in [-0.05, 0) is 48.6 Å². The molecule has 2 aromatic rings. The van der Waals surface area contributed by atoms with Crippen molar-refractivity contribution in [2.75, 3.05) is 6.61 Å². The number of hydrogen-bond acceptors (Lipinski definition) is 2. The third-order valence-corrected chi connectivity index (χ3v) is 4.10. The molecule has 1 saturated carbocycles.